The van der Waals surface area contributed by atoms with E-state index in [0.29, 0.717) is 5.56 Å². The van der Waals surface area contributed by atoms with E-state index < -0.39 is 17.5 Å². The molecule has 2 aromatic carbocycles. The first-order valence-corrected chi connectivity index (χ1v) is 10.3. The van der Waals surface area contributed by atoms with Crippen LogP contribution < -0.4 is 10.6 Å². The number of hydrogen-bond acceptors (Lipinski definition) is 3. The van der Waals surface area contributed by atoms with Crippen molar-refractivity contribution < 1.29 is 14.4 Å². The topological polar surface area (TPSA) is 78.5 Å². The van der Waals surface area contributed by atoms with E-state index in [1.54, 1.807) is 19.1 Å². The van der Waals surface area contributed by atoms with Crippen LogP contribution >= 0.6 is 0 Å². The van der Waals surface area contributed by atoms with Gasteiger partial charge in [0.25, 0.3) is 5.91 Å². The van der Waals surface area contributed by atoms with Crippen LogP contribution in [-0.2, 0) is 21.5 Å². The van der Waals surface area contributed by atoms with E-state index in [1.165, 1.54) is 5.56 Å². The minimum absolute atomic E-state index is 0.152. The Labute approximate surface area is 177 Å². The highest BCUT2D eigenvalue weighted by Gasteiger charge is 2.49. The maximum absolute atomic E-state index is 13.0. The van der Waals surface area contributed by atoms with E-state index in [1.807, 2.05) is 44.2 Å². The summed E-state index contributed by atoms with van der Waals surface area (Å²) >= 11 is 0. The van der Waals surface area contributed by atoms with Crippen LogP contribution in [0.1, 0.15) is 50.4 Å². The van der Waals surface area contributed by atoms with Gasteiger partial charge >= 0.3 is 6.03 Å². The number of imide groups is 1. The fraction of sp³-hybridized carbons (Fsp3) is 0.375. The van der Waals surface area contributed by atoms with Crippen LogP contribution in [0.5, 0.6) is 0 Å². The first-order chi connectivity index (χ1) is 14.3. The number of urea groups is 1. The third-order valence-electron chi connectivity index (χ3n) is 5.66. The molecule has 3 rings (SSSR count). The van der Waals surface area contributed by atoms with E-state index in [0.717, 1.165) is 16.9 Å². The molecule has 30 heavy (non-hydrogen) atoms. The number of carbonyl (C=O) groups excluding carboxylic acids is 3. The van der Waals surface area contributed by atoms with Gasteiger partial charge < -0.3 is 10.6 Å². The molecular weight excluding hydrogens is 378 g/mol. The number of benzene rings is 2. The quantitative estimate of drug-likeness (QED) is 0.689. The molecule has 0 saturated carbocycles. The van der Waals surface area contributed by atoms with Gasteiger partial charge in [0, 0.05) is 0 Å². The summed E-state index contributed by atoms with van der Waals surface area (Å²) in [5, 5.41) is 5.72. The molecule has 0 aromatic heterocycles. The number of nitrogens with zero attached hydrogens (tertiary/aromatic N) is 1. The van der Waals surface area contributed by atoms with E-state index >= 15 is 0 Å². The molecule has 2 atom stereocenters. The Hall–Kier alpha value is -3.15. The van der Waals surface area contributed by atoms with Crippen molar-refractivity contribution in [3.8, 4) is 0 Å². The zero-order valence-corrected chi connectivity index (χ0v) is 17.9. The van der Waals surface area contributed by atoms with Crippen molar-refractivity contribution in [2.75, 3.05) is 6.54 Å². The molecule has 1 aliphatic rings. The molecule has 0 bridgehead atoms. The Balaban J connectivity index is 1.72. The van der Waals surface area contributed by atoms with Crippen molar-refractivity contribution in [2.24, 2.45) is 5.92 Å². The number of amides is 4. The first-order valence-electron chi connectivity index (χ1n) is 10.3. The summed E-state index contributed by atoms with van der Waals surface area (Å²) in [4.78, 5) is 39.2. The standard InChI is InChI=1S/C24H29N3O3/c1-5-17-11-13-18(14-12-17)21(16(2)3)25-20(28)15-27-22(29)24(4,26-23(27)30)19-9-7-6-8-10-19/h6-14,16,21H,5,15H2,1-4H3,(H,25,28)(H,26,30). The first kappa shape index (κ1) is 21.6. The Morgan fingerprint density at radius 3 is 2.27 bits per heavy atom. The maximum Gasteiger partial charge on any atom is 0.325 e. The van der Waals surface area contributed by atoms with Crippen LogP contribution in [0, 0.1) is 5.92 Å². The fourth-order valence-electron chi connectivity index (χ4n) is 3.77. The number of nitrogens with one attached hydrogen (secondary N) is 2. The van der Waals surface area contributed by atoms with Gasteiger partial charge in [-0.15, -0.1) is 0 Å². The van der Waals surface area contributed by atoms with Gasteiger partial charge in [0.05, 0.1) is 6.04 Å². The molecule has 1 heterocycles. The predicted octanol–water partition coefficient (Wildman–Crippen LogP) is 3.53. The molecule has 1 aliphatic heterocycles. The molecule has 1 saturated heterocycles. The molecular formula is C24H29N3O3. The van der Waals surface area contributed by atoms with Crippen LogP contribution in [0.15, 0.2) is 54.6 Å². The van der Waals surface area contributed by atoms with Crippen LogP contribution in [0.4, 0.5) is 4.79 Å². The van der Waals surface area contributed by atoms with E-state index in [-0.39, 0.29) is 24.4 Å². The monoisotopic (exact) mass is 407 g/mol. The Kier molecular flexibility index (Phi) is 6.25. The molecule has 4 amide bonds. The second-order valence-corrected chi connectivity index (χ2v) is 8.20. The van der Waals surface area contributed by atoms with Gasteiger partial charge in [-0.2, -0.15) is 0 Å². The largest absolute Gasteiger partial charge is 0.347 e. The van der Waals surface area contributed by atoms with Gasteiger partial charge in [-0.1, -0.05) is 75.4 Å². The van der Waals surface area contributed by atoms with Crippen molar-refractivity contribution in [1.29, 1.82) is 0 Å². The second kappa shape index (κ2) is 8.69. The van der Waals surface area contributed by atoms with Crippen molar-refractivity contribution in [2.45, 2.75) is 45.7 Å². The minimum atomic E-state index is -1.17. The number of carbonyl (C=O) groups is 3. The van der Waals surface area contributed by atoms with Crippen molar-refractivity contribution >= 4 is 17.8 Å². The lowest BCUT2D eigenvalue weighted by molar-refractivity contribution is -0.135. The molecule has 1 fully saturated rings. The van der Waals surface area contributed by atoms with Crippen LogP contribution in [0.3, 0.4) is 0 Å². The SMILES string of the molecule is CCc1ccc(C(NC(=O)CN2C(=O)NC(C)(c3ccccc3)C2=O)C(C)C)cc1. The predicted molar refractivity (Wildman–Crippen MR) is 116 cm³/mol. The molecule has 6 heteroatoms. The maximum atomic E-state index is 13.0. The number of rotatable bonds is 7. The molecule has 0 spiro atoms. The van der Waals surface area contributed by atoms with Gasteiger partial charge in [0.1, 0.15) is 12.1 Å². The second-order valence-electron chi connectivity index (χ2n) is 8.20. The lowest BCUT2D eigenvalue weighted by Crippen LogP contribution is -2.44. The summed E-state index contributed by atoms with van der Waals surface area (Å²) in [5.74, 6) is -0.643. The van der Waals surface area contributed by atoms with Gasteiger partial charge in [0.15, 0.2) is 0 Å². The molecule has 0 aliphatic carbocycles. The summed E-state index contributed by atoms with van der Waals surface area (Å²) in [5.41, 5.74) is 1.74. The Bertz CT molecular complexity index is 924. The molecule has 2 unspecified atom stereocenters. The zero-order chi connectivity index (χ0) is 21.9. The van der Waals surface area contributed by atoms with E-state index in [4.69, 9.17) is 0 Å². The summed E-state index contributed by atoms with van der Waals surface area (Å²) < 4.78 is 0. The smallest absolute Gasteiger partial charge is 0.325 e. The highest BCUT2D eigenvalue weighted by molar-refractivity contribution is 6.09. The Morgan fingerprint density at radius 2 is 1.70 bits per heavy atom. The lowest BCUT2D eigenvalue weighted by atomic mass is 9.92. The molecule has 158 valence electrons. The minimum Gasteiger partial charge on any atom is -0.347 e. The van der Waals surface area contributed by atoms with Crippen molar-refractivity contribution in [3.63, 3.8) is 0 Å². The number of aryl methyl sites for hydroxylation is 1. The fourth-order valence-corrected chi connectivity index (χ4v) is 3.77. The van der Waals surface area contributed by atoms with Crippen molar-refractivity contribution in [3.05, 3.63) is 71.3 Å². The molecule has 0 radical (unpaired) electrons. The third-order valence-corrected chi connectivity index (χ3v) is 5.66. The van der Waals surface area contributed by atoms with Gasteiger partial charge in [-0.3, -0.25) is 14.5 Å². The average molecular weight is 408 g/mol. The van der Waals surface area contributed by atoms with Crippen LogP contribution in [0.25, 0.3) is 0 Å². The summed E-state index contributed by atoms with van der Waals surface area (Å²) in [6, 6.07) is 16.4. The average Bonchev–Trinajstić information content (AvgIpc) is 2.96. The summed E-state index contributed by atoms with van der Waals surface area (Å²) in [7, 11) is 0. The van der Waals surface area contributed by atoms with Gasteiger partial charge in [-0.05, 0) is 36.0 Å². The van der Waals surface area contributed by atoms with Gasteiger partial charge in [-0.25, -0.2) is 4.79 Å². The van der Waals surface area contributed by atoms with Crippen molar-refractivity contribution in [1.82, 2.24) is 15.5 Å². The van der Waals surface area contributed by atoms with Crippen LogP contribution in [0.2, 0.25) is 0 Å². The van der Waals surface area contributed by atoms with E-state index in [2.05, 4.69) is 29.7 Å². The zero-order valence-electron chi connectivity index (χ0n) is 17.9. The molecule has 2 aromatic rings. The number of hydrogen-bond donors (Lipinski definition) is 2. The lowest BCUT2D eigenvalue weighted by Gasteiger charge is -2.25. The summed E-state index contributed by atoms with van der Waals surface area (Å²) in [6.07, 6.45) is 0.950. The Morgan fingerprint density at radius 1 is 1.07 bits per heavy atom. The molecule has 2 N–H and O–H groups in total. The van der Waals surface area contributed by atoms with E-state index in [9.17, 15) is 14.4 Å². The van der Waals surface area contributed by atoms with Crippen LogP contribution in [-0.4, -0.2) is 29.3 Å². The third kappa shape index (κ3) is 4.22. The normalized spacial score (nSPS) is 19.7. The highest BCUT2D eigenvalue weighted by atomic mass is 16.2. The highest BCUT2D eigenvalue weighted by Crippen LogP contribution is 2.28. The molecule has 6 nitrogen and oxygen atoms in total. The summed E-state index contributed by atoms with van der Waals surface area (Å²) in [6.45, 7) is 7.49. The van der Waals surface area contributed by atoms with Gasteiger partial charge in [0.2, 0.25) is 5.91 Å².